The molecule has 1 aliphatic carbocycles. The molecular weight excluding hydrogens is 318 g/mol. The lowest BCUT2D eigenvalue weighted by Crippen LogP contribution is -2.27. The Bertz CT molecular complexity index is 638. The van der Waals surface area contributed by atoms with Crippen molar-refractivity contribution in [3.8, 4) is 5.75 Å². The van der Waals surface area contributed by atoms with Crippen molar-refractivity contribution >= 4 is 34.1 Å². The van der Waals surface area contributed by atoms with Crippen molar-refractivity contribution in [2.24, 2.45) is 5.92 Å². The van der Waals surface area contributed by atoms with Gasteiger partial charge in [0.05, 0.1) is 7.11 Å². The molecule has 1 amide bonds. The number of aromatic nitrogens is 2. The van der Waals surface area contributed by atoms with Gasteiger partial charge in [0.2, 0.25) is 11.0 Å². The molecule has 0 bridgehead atoms. The summed E-state index contributed by atoms with van der Waals surface area (Å²) < 4.78 is 6.00. The largest absolute Gasteiger partial charge is 0.497 e. The second-order valence-electron chi connectivity index (χ2n) is 5.13. The number of nitrogens with one attached hydrogen (secondary N) is 1. The van der Waals surface area contributed by atoms with Gasteiger partial charge in [-0.1, -0.05) is 41.7 Å². The van der Waals surface area contributed by atoms with E-state index in [2.05, 4.69) is 15.5 Å². The molecule has 22 heavy (non-hydrogen) atoms. The van der Waals surface area contributed by atoms with Crippen LogP contribution in [0, 0.1) is 5.92 Å². The molecule has 2 aromatic rings. The van der Waals surface area contributed by atoms with Crippen molar-refractivity contribution in [2.75, 3.05) is 12.4 Å². The third kappa shape index (κ3) is 3.78. The number of carbonyl (C=O) groups excluding carboxylic acids is 1. The van der Waals surface area contributed by atoms with Crippen LogP contribution < -0.4 is 10.1 Å². The van der Waals surface area contributed by atoms with E-state index in [0.29, 0.717) is 5.13 Å². The fourth-order valence-corrected chi connectivity index (χ4v) is 3.77. The maximum Gasteiger partial charge on any atom is 0.229 e. The summed E-state index contributed by atoms with van der Waals surface area (Å²) in [6, 6.07) is 7.96. The minimum absolute atomic E-state index is 0.0779. The van der Waals surface area contributed by atoms with Crippen LogP contribution in [0.2, 0.25) is 0 Å². The van der Waals surface area contributed by atoms with E-state index in [1.54, 1.807) is 18.9 Å². The fourth-order valence-electron chi connectivity index (χ4n) is 2.06. The number of carbonyl (C=O) groups is 1. The number of nitrogens with zero attached hydrogens (tertiary/aromatic N) is 2. The topological polar surface area (TPSA) is 64.1 Å². The Hall–Kier alpha value is -1.60. The molecule has 1 saturated carbocycles. The first kappa shape index (κ1) is 15.3. The standard InChI is InChI=1S/C15H17N3O2S2/c1-20-12-7-5-10(6-8-12)9-21-15-18-17-14(22-15)16-13(19)11-3-2-4-11/h5-8,11H,2-4,9H2,1H3,(H,16,17,19). The Morgan fingerprint density at radius 1 is 1.36 bits per heavy atom. The number of anilines is 1. The highest BCUT2D eigenvalue weighted by Gasteiger charge is 2.25. The van der Waals surface area contributed by atoms with Gasteiger partial charge in [-0.05, 0) is 30.5 Å². The molecule has 0 saturated heterocycles. The molecule has 7 heteroatoms. The summed E-state index contributed by atoms with van der Waals surface area (Å²) in [5.41, 5.74) is 1.20. The molecule has 116 valence electrons. The van der Waals surface area contributed by atoms with Gasteiger partial charge < -0.3 is 10.1 Å². The monoisotopic (exact) mass is 335 g/mol. The zero-order valence-electron chi connectivity index (χ0n) is 12.2. The SMILES string of the molecule is COc1ccc(CSc2nnc(NC(=O)C3CCC3)s2)cc1. The molecule has 5 nitrogen and oxygen atoms in total. The third-order valence-electron chi connectivity index (χ3n) is 3.63. The molecule has 0 radical (unpaired) electrons. The van der Waals surface area contributed by atoms with Gasteiger partial charge in [-0.3, -0.25) is 4.79 Å². The Balaban J connectivity index is 1.51. The second-order valence-corrected chi connectivity index (χ2v) is 7.33. The minimum atomic E-state index is 0.0779. The smallest absolute Gasteiger partial charge is 0.229 e. The average molecular weight is 335 g/mol. The first-order valence-corrected chi connectivity index (χ1v) is 8.95. The lowest BCUT2D eigenvalue weighted by atomic mass is 9.85. The van der Waals surface area contributed by atoms with Crippen LogP contribution in [0.5, 0.6) is 5.75 Å². The van der Waals surface area contributed by atoms with Crippen molar-refractivity contribution in [1.29, 1.82) is 0 Å². The number of hydrogen-bond acceptors (Lipinski definition) is 6. The van der Waals surface area contributed by atoms with Gasteiger partial charge in [0, 0.05) is 11.7 Å². The number of benzene rings is 1. The Labute approximate surface area is 137 Å². The van der Waals surface area contributed by atoms with E-state index in [1.807, 2.05) is 24.3 Å². The van der Waals surface area contributed by atoms with Crippen molar-refractivity contribution in [1.82, 2.24) is 10.2 Å². The maximum absolute atomic E-state index is 11.9. The van der Waals surface area contributed by atoms with Crippen LogP contribution in [-0.2, 0) is 10.5 Å². The summed E-state index contributed by atoms with van der Waals surface area (Å²) in [6.07, 6.45) is 3.13. The second kappa shape index (κ2) is 7.11. The molecule has 0 unspecified atom stereocenters. The van der Waals surface area contributed by atoms with E-state index in [1.165, 1.54) is 16.9 Å². The summed E-state index contributed by atoms with van der Waals surface area (Å²) in [5, 5.41) is 11.6. The van der Waals surface area contributed by atoms with Crippen LogP contribution in [-0.4, -0.2) is 23.2 Å². The number of thioether (sulfide) groups is 1. The molecule has 1 heterocycles. The lowest BCUT2D eigenvalue weighted by Gasteiger charge is -2.23. The van der Waals surface area contributed by atoms with Crippen molar-refractivity contribution in [2.45, 2.75) is 29.4 Å². The van der Waals surface area contributed by atoms with Gasteiger partial charge in [-0.25, -0.2) is 0 Å². The Kier molecular flexibility index (Phi) is 4.94. The molecule has 1 aromatic carbocycles. The van der Waals surface area contributed by atoms with Crippen LogP contribution in [0.25, 0.3) is 0 Å². The summed E-state index contributed by atoms with van der Waals surface area (Å²) in [6.45, 7) is 0. The zero-order chi connectivity index (χ0) is 15.4. The number of amides is 1. The summed E-state index contributed by atoms with van der Waals surface area (Å²) in [7, 11) is 1.66. The zero-order valence-corrected chi connectivity index (χ0v) is 13.9. The Morgan fingerprint density at radius 3 is 2.77 bits per heavy atom. The molecule has 0 aliphatic heterocycles. The van der Waals surface area contributed by atoms with Gasteiger partial charge in [-0.2, -0.15) is 0 Å². The van der Waals surface area contributed by atoms with Crippen LogP contribution in [0.4, 0.5) is 5.13 Å². The molecule has 0 spiro atoms. The normalized spacial score (nSPS) is 14.4. The van der Waals surface area contributed by atoms with Gasteiger partial charge >= 0.3 is 0 Å². The van der Waals surface area contributed by atoms with E-state index >= 15 is 0 Å². The molecule has 1 fully saturated rings. The molecule has 1 aliphatic rings. The van der Waals surface area contributed by atoms with Crippen LogP contribution in [0.1, 0.15) is 24.8 Å². The van der Waals surface area contributed by atoms with Gasteiger partial charge in [0.25, 0.3) is 0 Å². The molecule has 1 aromatic heterocycles. The van der Waals surface area contributed by atoms with E-state index < -0.39 is 0 Å². The highest BCUT2D eigenvalue weighted by atomic mass is 32.2. The van der Waals surface area contributed by atoms with E-state index in [4.69, 9.17) is 4.74 Å². The molecular formula is C15H17N3O2S2. The van der Waals surface area contributed by atoms with Gasteiger partial charge in [0.15, 0.2) is 4.34 Å². The van der Waals surface area contributed by atoms with Gasteiger partial charge in [0.1, 0.15) is 5.75 Å². The number of ether oxygens (including phenoxy) is 1. The van der Waals surface area contributed by atoms with E-state index in [-0.39, 0.29) is 11.8 Å². The van der Waals surface area contributed by atoms with Crippen molar-refractivity contribution in [3.05, 3.63) is 29.8 Å². The quantitative estimate of drug-likeness (QED) is 0.646. The number of methoxy groups -OCH3 is 1. The highest BCUT2D eigenvalue weighted by Crippen LogP contribution is 2.31. The van der Waals surface area contributed by atoms with Crippen LogP contribution >= 0.6 is 23.1 Å². The van der Waals surface area contributed by atoms with Crippen LogP contribution in [0.15, 0.2) is 28.6 Å². The predicted octanol–water partition coefficient (Wildman–Crippen LogP) is 3.58. The first-order chi connectivity index (χ1) is 10.7. The van der Waals surface area contributed by atoms with E-state index in [0.717, 1.165) is 35.1 Å². The number of rotatable bonds is 6. The minimum Gasteiger partial charge on any atom is -0.497 e. The molecule has 3 rings (SSSR count). The first-order valence-electron chi connectivity index (χ1n) is 7.14. The van der Waals surface area contributed by atoms with E-state index in [9.17, 15) is 4.79 Å². The van der Waals surface area contributed by atoms with Gasteiger partial charge in [-0.15, -0.1) is 10.2 Å². The number of hydrogen-bond donors (Lipinski definition) is 1. The predicted molar refractivity (Wildman–Crippen MR) is 88.4 cm³/mol. The lowest BCUT2D eigenvalue weighted by molar-refractivity contribution is -0.122. The summed E-state index contributed by atoms with van der Waals surface area (Å²) in [4.78, 5) is 11.9. The average Bonchev–Trinajstić information content (AvgIpc) is 2.91. The molecule has 1 N–H and O–H groups in total. The van der Waals surface area contributed by atoms with Crippen molar-refractivity contribution in [3.63, 3.8) is 0 Å². The van der Waals surface area contributed by atoms with Crippen molar-refractivity contribution < 1.29 is 9.53 Å². The Morgan fingerprint density at radius 2 is 2.14 bits per heavy atom. The molecule has 0 atom stereocenters. The third-order valence-corrected chi connectivity index (χ3v) is 5.68. The summed E-state index contributed by atoms with van der Waals surface area (Å²) >= 11 is 3.04. The summed E-state index contributed by atoms with van der Waals surface area (Å²) in [5.74, 6) is 1.91. The highest BCUT2D eigenvalue weighted by molar-refractivity contribution is 8.00. The fraction of sp³-hybridized carbons (Fsp3) is 0.400. The van der Waals surface area contributed by atoms with Crippen LogP contribution in [0.3, 0.4) is 0 Å². The maximum atomic E-state index is 11.9.